The van der Waals surface area contributed by atoms with Crippen LogP contribution in [0.5, 0.6) is 0 Å². The van der Waals surface area contributed by atoms with Crippen LogP contribution in [0, 0.1) is 6.92 Å². The van der Waals surface area contributed by atoms with Crippen LogP contribution in [0.1, 0.15) is 46.0 Å². The molecule has 2 heterocycles. The van der Waals surface area contributed by atoms with Crippen molar-refractivity contribution < 1.29 is 27.5 Å². The molecule has 0 saturated carbocycles. The van der Waals surface area contributed by atoms with E-state index in [4.69, 9.17) is 9.47 Å². The van der Waals surface area contributed by atoms with Gasteiger partial charge < -0.3 is 14.5 Å². The molecule has 1 N–H and O–H groups in total. The van der Waals surface area contributed by atoms with E-state index in [1.54, 1.807) is 51.1 Å². The Bertz CT molecular complexity index is 1060. The zero-order chi connectivity index (χ0) is 23.3. The van der Waals surface area contributed by atoms with Gasteiger partial charge in [-0.1, -0.05) is 18.2 Å². The fraction of sp³-hybridized carbons (Fsp3) is 0.455. The number of carbonyl (C=O) groups is 2. The Morgan fingerprint density at radius 2 is 1.56 bits per heavy atom. The summed E-state index contributed by atoms with van der Waals surface area (Å²) in [4.78, 5) is 30.2. The Balaban J connectivity index is 1.76. The number of aromatic nitrogens is 1. The highest BCUT2D eigenvalue weighted by atomic mass is 32.2. The van der Waals surface area contributed by atoms with Gasteiger partial charge in [0.25, 0.3) is 0 Å². The van der Waals surface area contributed by atoms with E-state index in [0.29, 0.717) is 49.5 Å². The van der Waals surface area contributed by atoms with E-state index in [0.717, 1.165) is 0 Å². The largest absolute Gasteiger partial charge is 0.462 e. The highest BCUT2D eigenvalue weighted by Crippen LogP contribution is 2.24. The molecule has 1 fully saturated rings. The summed E-state index contributed by atoms with van der Waals surface area (Å²) in [7, 11) is -3.54. The number of nitrogens with one attached hydrogen (secondary N) is 1. The van der Waals surface area contributed by atoms with E-state index >= 15 is 0 Å². The van der Waals surface area contributed by atoms with Gasteiger partial charge in [0.15, 0.2) is 0 Å². The van der Waals surface area contributed by atoms with E-state index in [1.165, 1.54) is 4.31 Å². The molecule has 0 spiro atoms. The van der Waals surface area contributed by atoms with Crippen LogP contribution >= 0.6 is 0 Å². The first-order valence-electron chi connectivity index (χ1n) is 10.6. The molecule has 3 rings (SSSR count). The molecule has 0 radical (unpaired) electrons. The lowest BCUT2D eigenvalue weighted by molar-refractivity contribution is 0.0516. The minimum absolute atomic E-state index is 0.216. The summed E-state index contributed by atoms with van der Waals surface area (Å²) in [5, 5.41) is 0. The van der Waals surface area contributed by atoms with Gasteiger partial charge >= 0.3 is 11.9 Å². The molecular formula is C22H29N3O6S. The lowest BCUT2D eigenvalue weighted by Gasteiger charge is -2.33. The third-order valence-electron chi connectivity index (χ3n) is 5.38. The first-order chi connectivity index (χ1) is 15.3. The molecule has 9 nitrogen and oxygen atoms in total. The number of aromatic amines is 1. The number of hydrogen-bond donors (Lipinski definition) is 1. The molecule has 1 aromatic carbocycles. The molecule has 0 aliphatic carbocycles. The summed E-state index contributed by atoms with van der Waals surface area (Å²) in [5.74, 6) is -1.03. The zero-order valence-corrected chi connectivity index (χ0v) is 19.4. The molecule has 1 aliphatic heterocycles. The number of esters is 2. The van der Waals surface area contributed by atoms with Gasteiger partial charge in [0.05, 0.1) is 23.7 Å². The number of H-pyrrole nitrogens is 1. The second-order valence-electron chi connectivity index (χ2n) is 7.41. The quantitative estimate of drug-likeness (QED) is 0.598. The number of rotatable bonds is 8. The molecule has 0 unspecified atom stereocenters. The van der Waals surface area contributed by atoms with Crippen molar-refractivity contribution in [1.29, 1.82) is 0 Å². The van der Waals surface area contributed by atoms with Gasteiger partial charge in [-0.15, -0.1) is 0 Å². The highest BCUT2D eigenvalue weighted by molar-refractivity contribution is 7.89. The molecule has 1 saturated heterocycles. The summed E-state index contributed by atoms with van der Waals surface area (Å²) >= 11 is 0. The Hall–Kier alpha value is -2.69. The van der Waals surface area contributed by atoms with Gasteiger partial charge in [-0.2, -0.15) is 4.31 Å². The fourth-order valence-electron chi connectivity index (χ4n) is 3.76. The Morgan fingerprint density at radius 3 is 2.16 bits per heavy atom. The van der Waals surface area contributed by atoms with Gasteiger partial charge in [0.1, 0.15) is 5.69 Å². The average molecular weight is 464 g/mol. The van der Waals surface area contributed by atoms with Gasteiger partial charge in [-0.3, -0.25) is 4.90 Å². The summed E-state index contributed by atoms with van der Waals surface area (Å²) in [6, 6.07) is 8.36. The van der Waals surface area contributed by atoms with Crippen LogP contribution in [0.2, 0.25) is 0 Å². The van der Waals surface area contributed by atoms with E-state index in [1.807, 2.05) is 4.90 Å². The molecule has 2 aromatic rings. The molecule has 0 bridgehead atoms. The first-order valence-corrected chi connectivity index (χ1v) is 12.1. The van der Waals surface area contributed by atoms with Crippen LogP contribution in [-0.4, -0.2) is 73.9 Å². The van der Waals surface area contributed by atoms with E-state index in [-0.39, 0.29) is 23.8 Å². The van der Waals surface area contributed by atoms with Crippen molar-refractivity contribution in [3.63, 3.8) is 0 Å². The normalized spacial score (nSPS) is 15.5. The lowest BCUT2D eigenvalue weighted by Crippen LogP contribution is -2.48. The zero-order valence-electron chi connectivity index (χ0n) is 18.6. The van der Waals surface area contributed by atoms with Gasteiger partial charge in [0.2, 0.25) is 10.0 Å². The summed E-state index contributed by atoms with van der Waals surface area (Å²) in [6.45, 7) is 7.54. The molecule has 10 heteroatoms. The summed E-state index contributed by atoms with van der Waals surface area (Å²) < 4.78 is 37.4. The van der Waals surface area contributed by atoms with Crippen molar-refractivity contribution in [2.24, 2.45) is 0 Å². The predicted octanol–water partition coefficient (Wildman–Crippen LogP) is 2.18. The SMILES string of the molecule is CCOC(=O)c1[nH]c(CN2CCN(S(=O)(=O)c3ccccc3)CC2)c(C(=O)OCC)c1C. The van der Waals surface area contributed by atoms with Crippen LogP contribution in [0.3, 0.4) is 0 Å². The van der Waals surface area contributed by atoms with Crippen LogP contribution in [-0.2, 0) is 26.0 Å². The molecule has 174 valence electrons. The van der Waals surface area contributed by atoms with Crippen molar-refractivity contribution in [2.75, 3.05) is 39.4 Å². The molecule has 1 aromatic heterocycles. The third kappa shape index (κ3) is 5.03. The molecule has 0 atom stereocenters. The van der Waals surface area contributed by atoms with Crippen LogP contribution in [0.15, 0.2) is 35.2 Å². The molecule has 1 aliphatic rings. The standard InChI is InChI=1S/C22H29N3O6S/c1-4-30-21(26)19-16(3)20(22(27)31-5-2)23-18(19)15-24-11-13-25(14-12-24)32(28,29)17-9-7-6-8-10-17/h6-10,23H,4-5,11-15H2,1-3H3. The number of nitrogens with zero attached hydrogens (tertiary/aromatic N) is 2. The number of ether oxygens (including phenoxy) is 2. The number of hydrogen-bond acceptors (Lipinski definition) is 7. The van der Waals surface area contributed by atoms with E-state index in [2.05, 4.69) is 4.98 Å². The summed E-state index contributed by atoms with van der Waals surface area (Å²) in [5.41, 5.74) is 1.61. The number of sulfonamides is 1. The number of piperazine rings is 1. The van der Waals surface area contributed by atoms with E-state index < -0.39 is 22.0 Å². The van der Waals surface area contributed by atoms with Crippen LogP contribution in [0.25, 0.3) is 0 Å². The molecule has 0 amide bonds. The maximum atomic E-state index is 12.8. The van der Waals surface area contributed by atoms with Gasteiger partial charge in [-0.05, 0) is 38.5 Å². The summed E-state index contributed by atoms with van der Waals surface area (Å²) in [6.07, 6.45) is 0. The topological polar surface area (TPSA) is 109 Å². The van der Waals surface area contributed by atoms with Crippen LogP contribution in [0.4, 0.5) is 0 Å². The number of carbonyl (C=O) groups excluding carboxylic acids is 2. The smallest absolute Gasteiger partial charge is 0.355 e. The van der Waals surface area contributed by atoms with Crippen molar-refractivity contribution in [3.05, 3.63) is 52.8 Å². The molecule has 32 heavy (non-hydrogen) atoms. The maximum absolute atomic E-state index is 12.8. The van der Waals surface area contributed by atoms with Crippen LogP contribution < -0.4 is 0 Å². The Morgan fingerprint density at radius 1 is 0.969 bits per heavy atom. The van der Waals surface area contributed by atoms with Gasteiger partial charge in [-0.25, -0.2) is 18.0 Å². The highest BCUT2D eigenvalue weighted by Gasteiger charge is 2.31. The van der Waals surface area contributed by atoms with E-state index in [9.17, 15) is 18.0 Å². The first kappa shape index (κ1) is 24.0. The third-order valence-corrected chi connectivity index (χ3v) is 7.29. The van der Waals surface area contributed by atoms with Crippen molar-refractivity contribution in [1.82, 2.24) is 14.2 Å². The minimum atomic E-state index is -3.54. The Kier molecular flexibility index (Phi) is 7.70. The second-order valence-corrected chi connectivity index (χ2v) is 9.35. The average Bonchev–Trinajstić information content (AvgIpc) is 3.11. The fourth-order valence-corrected chi connectivity index (χ4v) is 5.20. The lowest BCUT2D eigenvalue weighted by atomic mass is 10.1. The minimum Gasteiger partial charge on any atom is -0.462 e. The predicted molar refractivity (Wildman–Crippen MR) is 118 cm³/mol. The van der Waals surface area contributed by atoms with Crippen molar-refractivity contribution in [2.45, 2.75) is 32.2 Å². The maximum Gasteiger partial charge on any atom is 0.355 e. The Labute approximate surface area is 188 Å². The van der Waals surface area contributed by atoms with Crippen molar-refractivity contribution >= 4 is 22.0 Å². The molecular weight excluding hydrogens is 434 g/mol. The monoisotopic (exact) mass is 463 g/mol. The second kappa shape index (κ2) is 10.3. The number of benzene rings is 1. The van der Waals surface area contributed by atoms with Gasteiger partial charge in [0, 0.05) is 38.4 Å². The van der Waals surface area contributed by atoms with Crippen molar-refractivity contribution in [3.8, 4) is 0 Å².